The Morgan fingerprint density at radius 3 is 2.65 bits per heavy atom. The quantitative estimate of drug-likeness (QED) is 0.298. The second-order valence-corrected chi connectivity index (χ2v) is 5.60. The fourth-order valence-corrected chi connectivity index (χ4v) is 2.50. The Bertz CT molecular complexity index is 897. The Labute approximate surface area is 149 Å². The number of hydrogen-bond donors (Lipinski definition) is 6. The minimum absolute atomic E-state index is 0.137. The highest BCUT2D eigenvalue weighted by atomic mass is 16.4. The van der Waals surface area contributed by atoms with E-state index in [-0.39, 0.29) is 19.1 Å². The van der Waals surface area contributed by atoms with Crippen molar-refractivity contribution in [3.8, 4) is 0 Å². The van der Waals surface area contributed by atoms with Crippen molar-refractivity contribution in [3.05, 3.63) is 47.9 Å². The lowest BCUT2D eigenvalue weighted by Crippen LogP contribution is -2.29. The van der Waals surface area contributed by atoms with E-state index in [2.05, 4.69) is 25.6 Å². The average Bonchev–Trinajstić information content (AvgIpc) is 3.09. The number of aromatic amines is 1. The molecule has 0 aliphatic rings. The van der Waals surface area contributed by atoms with Crippen LogP contribution in [0.1, 0.15) is 15.9 Å². The normalized spacial score (nSPS) is 10.7. The Morgan fingerprint density at radius 1 is 1.19 bits per heavy atom. The molecule has 0 unspecified atom stereocenters. The van der Waals surface area contributed by atoms with Gasteiger partial charge in [-0.2, -0.15) is 0 Å². The monoisotopic (exact) mass is 355 g/mol. The molecule has 3 rings (SSSR count). The van der Waals surface area contributed by atoms with Crippen molar-refractivity contribution in [1.29, 1.82) is 0 Å². The summed E-state index contributed by atoms with van der Waals surface area (Å²) in [5, 5.41) is 32.8. The van der Waals surface area contributed by atoms with Crippen molar-refractivity contribution in [2.24, 2.45) is 0 Å². The van der Waals surface area contributed by atoms with Crippen molar-refractivity contribution in [2.75, 3.05) is 18.5 Å². The molecule has 2 heterocycles. The molecule has 3 aromatic rings. The van der Waals surface area contributed by atoms with E-state index < -0.39 is 7.12 Å². The number of hydrogen-bond acceptors (Lipinski definition) is 7. The van der Waals surface area contributed by atoms with Crippen molar-refractivity contribution < 1.29 is 19.9 Å². The number of H-pyrrole nitrogens is 1. The van der Waals surface area contributed by atoms with Crippen LogP contribution < -0.4 is 16.1 Å². The van der Waals surface area contributed by atoms with Gasteiger partial charge in [0.2, 0.25) is 0 Å². The van der Waals surface area contributed by atoms with Gasteiger partial charge >= 0.3 is 7.12 Å². The van der Waals surface area contributed by atoms with Gasteiger partial charge in [-0.25, -0.2) is 9.97 Å². The summed E-state index contributed by atoms with van der Waals surface area (Å²) < 4.78 is 0. The Morgan fingerprint density at radius 2 is 1.96 bits per heavy atom. The minimum atomic E-state index is -1.49. The first-order chi connectivity index (χ1) is 12.6. The number of benzene rings is 1. The van der Waals surface area contributed by atoms with Gasteiger partial charge in [0.25, 0.3) is 5.91 Å². The van der Waals surface area contributed by atoms with E-state index in [1.54, 1.807) is 30.5 Å². The number of aliphatic hydroxyl groups is 1. The molecule has 0 aliphatic carbocycles. The highest BCUT2D eigenvalue weighted by molar-refractivity contribution is 6.58. The smallest absolute Gasteiger partial charge is 0.423 e. The van der Waals surface area contributed by atoms with E-state index in [0.29, 0.717) is 34.4 Å². The first-order valence-corrected chi connectivity index (χ1v) is 8.00. The molecule has 0 saturated heterocycles. The lowest BCUT2D eigenvalue weighted by Gasteiger charge is -2.08. The molecule has 0 radical (unpaired) electrons. The summed E-state index contributed by atoms with van der Waals surface area (Å²) in [5.74, 6) is 0.218. The zero-order valence-corrected chi connectivity index (χ0v) is 13.8. The molecule has 2 aromatic heterocycles. The van der Waals surface area contributed by atoms with Crippen molar-refractivity contribution in [3.63, 3.8) is 0 Å². The number of carbonyl (C=O) groups excluding carboxylic acids is 1. The predicted molar refractivity (Wildman–Crippen MR) is 96.9 cm³/mol. The molecule has 6 N–H and O–H groups in total. The van der Waals surface area contributed by atoms with Crippen LogP contribution in [-0.2, 0) is 6.54 Å². The van der Waals surface area contributed by atoms with Gasteiger partial charge in [-0.1, -0.05) is 24.3 Å². The van der Waals surface area contributed by atoms with Gasteiger partial charge in [0.1, 0.15) is 17.4 Å². The molecule has 10 heteroatoms. The van der Waals surface area contributed by atoms with E-state index >= 15 is 0 Å². The zero-order chi connectivity index (χ0) is 18.5. The van der Waals surface area contributed by atoms with Gasteiger partial charge in [-0.15, -0.1) is 0 Å². The number of aliphatic hydroxyl groups excluding tert-OH is 1. The first-order valence-electron chi connectivity index (χ1n) is 8.00. The van der Waals surface area contributed by atoms with Gasteiger partial charge in [-0.05, 0) is 11.0 Å². The number of fused-ring (bicyclic) bond motifs is 1. The van der Waals surface area contributed by atoms with E-state index in [1.165, 1.54) is 6.33 Å². The summed E-state index contributed by atoms with van der Waals surface area (Å²) >= 11 is 0. The van der Waals surface area contributed by atoms with E-state index in [4.69, 9.17) is 15.2 Å². The number of aromatic nitrogens is 3. The largest absolute Gasteiger partial charge is 0.488 e. The Kier molecular flexibility index (Phi) is 5.47. The van der Waals surface area contributed by atoms with Crippen LogP contribution in [-0.4, -0.2) is 56.3 Å². The van der Waals surface area contributed by atoms with Gasteiger partial charge in [0.05, 0.1) is 12.2 Å². The van der Waals surface area contributed by atoms with Gasteiger partial charge in [0, 0.05) is 19.3 Å². The third-order valence-electron chi connectivity index (χ3n) is 3.84. The third-order valence-corrected chi connectivity index (χ3v) is 3.84. The summed E-state index contributed by atoms with van der Waals surface area (Å²) in [6.45, 7) is 0.487. The number of nitrogens with zero attached hydrogens (tertiary/aromatic N) is 2. The maximum atomic E-state index is 12.1. The van der Waals surface area contributed by atoms with Crippen LogP contribution in [0.5, 0.6) is 0 Å². The van der Waals surface area contributed by atoms with Crippen LogP contribution in [0.2, 0.25) is 0 Å². The number of anilines is 1. The number of carbonyl (C=O) groups is 1. The highest BCUT2D eigenvalue weighted by Gasteiger charge is 2.15. The van der Waals surface area contributed by atoms with Crippen LogP contribution in [0.4, 0.5) is 5.82 Å². The number of rotatable bonds is 7. The van der Waals surface area contributed by atoms with E-state index in [1.807, 2.05) is 0 Å². The number of amides is 1. The Balaban J connectivity index is 1.76. The molecule has 0 aliphatic heterocycles. The maximum absolute atomic E-state index is 12.1. The third kappa shape index (κ3) is 3.82. The summed E-state index contributed by atoms with van der Waals surface area (Å²) in [4.78, 5) is 23.4. The zero-order valence-electron chi connectivity index (χ0n) is 13.8. The highest BCUT2D eigenvalue weighted by Crippen LogP contribution is 2.21. The SMILES string of the molecule is O=C(NCCO)c1c[nH]c2c(NCc3ccc(B(O)O)cc3)ncnc12. The van der Waals surface area contributed by atoms with Gasteiger partial charge in [-0.3, -0.25) is 4.79 Å². The molecule has 0 bridgehead atoms. The molecule has 1 amide bonds. The molecule has 0 saturated carbocycles. The van der Waals surface area contributed by atoms with Crippen LogP contribution in [0.15, 0.2) is 36.8 Å². The average molecular weight is 355 g/mol. The molecular weight excluding hydrogens is 337 g/mol. The number of nitrogens with one attached hydrogen (secondary N) is 3. The topological polar surface area (TPSA) is 143 Å². The fraction of sp³-hybridized carbons (Fsp3) is 0.188. The predicted octanol–water partition coefficient (Wildman–Crippen LogP) is -1.03. The van der Waals surface area contributed by atoms with Gasteiger partial charge in [0.15, 0.2) is 5.82 Å². The maximum Gasteiger partial charge on any atom is 0.488 e. The van der Waals surface area contributed by atoms with E-state index in [9.17, 15) is 4.79 Å². The molecule has 1 aromatic carbocycles. The Hall–Kier alpha value is -2.95. The fourth-order valence-electron chi connectivity index (χ4n) is 2.50. The van der Waals surface area contributed by atoms with Crippen LogP contribution in [0.25, 0.3) is 11.0 Å². The minimum Gasteiger partial charge on any atom is -0.423 e. The first kappa shape index (κ1) is 17.9. The molecule has 134 valence electrons. The summed E-state index contributed by atoms with van der Waals surface area (Å²) in [7, 11) is -1.49. The van der Waals surface area contributed by atoms with Crippen LogP contribution in [0, 0.1) is 0 Å². The summed E-state index contributed by atoms with van der Waals surface area (Å²) in [6, 6.07) is 6.83. The molecule has 0 spiro atoms. The lowest BCUT2D eigenvalue weighted by atomic mass is 9.80. The summed E-state index contributed by atoms with van der Waals surface area (Å²) in [6.07, 6.45) is 2.92. The molecule has 9 nitrogen and oxygen atoms in total. The van der Waals surface area contributed by atoms with Gasteiger partial charge < -0.3 is 30.8 Å². The van der Waals surface area contributed by atoms with Crippen molar-refractivity contribution >= 4 is 35.3 Å². The standard InChI is InChI=1S/C16H18BN5O4/c23-6-5-18-16(24)12-8-19-14-13(12)21-9-22-15(14)20-7-10-1-3-11(4-2-10)17(25)26/h1-4,8-9,19,23,25-26H,5-7H2,(H,18,24)(H,20,21,22). The molecule has 0 fully saturated rings. The van der Waals surface area contributed by atoms with E-state index in [0.717, 1.165) is 5.56 Å². The second kappa shape index (κ2) is 7.96. The molecule has 0 atom stereocenters. The summed E-state index contributed by atoms with van der Waals surface area (Å²) in [5.41, 5.74) is 2.80. The lowest BCUT2D eigenvalue weighted by molar-refractivity contribution is 0.0946. The van der Waals surface area contributed by atoms with Crippen LogP contribution in [0.3, 0.4) is 0 Å². The van der Waals surface area contributed by atoms with Crippen molar-refractivity contribution in [1.82, 2.24) is 20.3 Å². The van der Waals surface area contributed by atoms with Crippen molar-refractivity contribution in [2.45, 2.75) is 6.54 Å². The molecule has 26 heavy (non-hydrogen) atoms. The second-order valence-electron chi connectivity index (χ2n) is 5.60. The molecular formula is C16H18BN5O4. The van der Waals surface area contributed by atoms with Crippen LogP contribution >= 0.6 is 0 Å².